The van der Waals surface area contributed by atoms with Crippen LogP contribution >= 0.6 is 23.3 Å². The van der Waals surface area contributed by atoms with E-state index in [-0.39, 0.29) is 0 Å². The molecule has 1 aromatic heterocycles. The maximum atomic E-state index is 13.0. The molecule has 0 aliphatic rings. The van der Waals surface area contributed by atoms with Gasteiger partial charge in [0.2, 0.25) is 0 Å². The Morgan fingerprint density at radius 2 is 2.17 bits per heavy atom. The minimum Gasteiger partial charge on any atom is -0.382 e. The van der Waals surface area contributed by atoms with E-state index in [1.54, 1.807) is 0 Å². The van der Waals surface area contributed by atoms with E-state index in [1.165, 1.54) is 35.4 Å². The monoisotopic (exact) mass is 287 g/mol. The highest BCUT2D eigenvalue weighted by molar-refractivity contribution is 7.99. The lowest BCUT2D eigenvalue weighted by atomic mass is 10.2. The second-order valence-electron chi connectivity index (χ2n) is 3.53. The van der Waals surface area contributed by atoms with Crippen LogP contribution in [-0.4, -0.2) is 10.6 Å². The van der Waals surface area contributed by atoms with E-state index in [1.807, 2.05) is 6.26 Å². The van der Waals surface area contributed by atoms with Crippen molar-refractivity contribution in [2.45, 2.75) is 11.4 Å². The first-order valence-corrected chi connectivity index (χ1v) is 7.08. The van der Waals surface area contributed by atoms with Gasteiger partial charge in [0.1, 0.15) is 5.00 Å². The third-order valence-electron chi connectivity index (χ3n) is 2.32. The largest absolute Gasteiger partial charge is 0.382 e. The van der Waals surface area contributed by atoms with Crippen molar-refractivity contribution in [2.75, 3.05) is 17.3 Å². The molecule has 2 aromatic rings. The number of thioether (sulfide) groups is 1. The van der Waals surface area contributed by atoms with Crippen LogP contribution in [0.2, 0.25) is 0 Å². The molecule has 0 aliphatic heterocycles. The molecule has 1 aromatic carbocycles. The highest BCUT2D eigenvalue weighted by Gasteiger charge is 2.10. The van der Waals surface area contributed by atoms with Crippen LogP contribution in [0.3, 0.4) is 0 Å². The summed E-state index contributed by atoms with van der Waals surface area (Å²) in [6.07, 6.45) is 1.91. The summed E-state index contributed by atoms with van der Waals surface area (Å²) in [7, 11) is 0. The fourth-order valence-corrected chi connectivity index (χ4v) is 2.97. The van der Waals surface area contributed by atoms with E-state index < -0.39 is 11.6 Å². The lowest BCUT2D eigenvalue weighted by Gasteiger charge is -2.06. The molecule has 2 rings (SSSR count). The van der Waals surface area contributed by atoms with E-state index in [0.29, 0.717) is 17.9 Å². The quantitative estimate of drug-likeness (QED) is 0.847. The molecule has 18 heavy (non-hydrogen) atoms. The summed E-state index contributed by atoms with van der Waals surface area (Å²) in [5.41, 5.74) is 6.35. The predicted molar refractivity (Wildman–Crippen MR) is 72.0 cm³/mol. The number of nitrogens with one attached hydrogen (secondary N) is 1. The third kappa shape index (κ3) is 2.73. The smallest absolute Gasteiger partial charge is 0.159 e. The molecule has 0 amide bonds. The molecular weight excluding hydrogens is 276 g/mol. The number of benzene rings is 1. The fraction of sp³-hybridized carbons (Fsp3) is 0.182. The Morgan fingerprint density at radius 1 is 1.39 bits per heavy atom. The van der Waals surface area contributed by atoms with Crippen LogP contribution in [0.25, 0.3) is 0 Å². The zero-order valence-corrected chi connectivity index (χ0v) is 11.2. The van der Waals surface area contributed by atoms with E-state index >= 15 is 0 Å². The predicted octanol–water partition coefficient (Wildman–Crippen LogP) is 3.34. The Morgan fingerprint density at radius 3 is 2.83 bits per heavy atom. The van der Waals surface area contributed by atoms with Gasteiger partial charge in [0.15, 0.2) is 17.5 Å². The third-order valence-corrected chi connectivity index (χ3v) is 4.09. The number of hydrogen-bond acceptors (Lipinski definition) is 5. The minimum atomic E-state index is -0.844. The first kappa shape index (κ1) is 13.1. The zero-order chi connectivity index (χ0) is 13.1. The van der Waals surface area contributed by atoms with Crippen LogP contribution in [-0.2, 0) is 6.54 Å². The van der Waals surface area contributed by atoms with Gasteiger partial charge in [-0.05, 0) is 35.5 Å². The van der Waals surface area contributed by atoms with Gasteiger partial charge in [0, 0.05) is 6.54 Å². The molecule has 0 aliphatic carbocycles. The lowest BCUT2D eigenvalue weighted by molar-refractivity contribution is 0.507. The van der Waals surface area contributed by atoms with Crippen LogP contribution in [0.15, 0.2) is 23.1 Å². The maximum Gasteiger partial charge on any atom is 0.159 e. The Balaban J connectivity index is 2.09. The molecule has 96 valence electrons. The number of halogens is 2. The number of aromatic nitrogens is 1. The Bertz CT molecular complexity index is 557. The van der Waals surface area contributed by atoms with Crippen LogP contribution in [0.4, 0.5) is 19.6 Å². The molecular formula is C11H11F2N3S2. The van der Waals surface area contributed by atoms with Crippen LogP contribution < -0.4 is 11.1 Å². The van der Waals surface area contributed by atoms with Crippen molar-refractivity contribution in [3.63, 3.8) is 0 Å². The summed E-state index contributed by atoms with van der Waals surface area (Å²) in [6.45, 7) is 0.395. The zero-order valence-electron chi connectivity index (χ0n) is 9.54. The lowest BCUT2D eigenvalue weighted by Crippen LogP contribution is -2.00. The number of anilines is 2. The van der Waals surface area contributed by atoms with Gasteiger partial charge in [0.05, 0.1) is 4.90 Å². The Kier molecular flexibility index (Phi) is 4.03. The van der Waals surface area contributed by atoms with Crippen molar-refractivity contribution in [2.24, 2.45) is 0 Å². The van der Waals surface area contributed by atoms with Gasteiger partial charge in [-0.1, -0.05) is 6.07 Å². The van der Waals surface area contributed by atoms with Gasteiger partial charge in [0.25, 0.3) is 0 Å². The molecule has 0 saturated carbocycles. The summed E-state index contributed by atoms with van der Waals surface area (Å²) in [6, 6.07) is 3.82. The van der Waals surface area contributed by atoms with Crippen molar-refractivity contribution in [3.8, 4) is 0 Å². The average Bonchev–Trinajstić information content (AvgIpc) is 2.71. The summed E-state index contributed by atoms with van der Waals surface area (Å²) < 4.78 is 29.8. The first-order chi connectivity index (χ1) is 8.61. The molecule has 7 heteroatoms. The molecule has 3 N–H and O–H groups in total. The first-order valence-electron chi connectivity index (χ1n) is 5.08. The topological polar surface area (TPSA) is 50.9 Å². The summed E-state index contributed by atoms with van der Waals surface area (Å²) in [4.78, 5) is 0.877. The molecule has 0 unspecified atom stereocenters. The Hall–Kier alpha value is -1.34. The summed E-state index contributed by atoms with van der Waals surface area (Å²) >= 11 is 2.75. The average molecular weight is 287 g/mol. The van der Waals surface area contributed by atoms with Crippen molar-refractivity contribution in [1.29, 1.82) is 0 Å². The molecule has 3 nitrogen and oxygen atoms in total. The molecule has 0 atom stereocenters. The second kappa shape index (κ2) is 5.53. The number of hydrogen-bond donors (Lipinski definition) is 2. The molecule has 0 spiro atoms. The minimum absolute atomic E-state index is 0.395. The molecule has 0 fully saturated rings. The second-order valence-corrected chi connectivity index (χ2v) is 5.12. The summed E-state index contributed by atoms with van der Waals surface area (Å²) in [5.74, 6) is -1.20. The van der Waals surface area contributed by atoms with Crippen LogP contribution in [0.1, 0.15) is 5.56 Å². The molecule has 1 heterocycles. The SMILES string of the molecule is CSc1c(N)nsc1NCc1ccc(F)c(F)c1. The van der Waals surface area contributed by atoms with Crippen molar-refractivity contribution < 1.29 is 8.78 Å². The van der Waals surface area contributed by atoms with Gasteiger partial charge >= 0.3 is 0 Å². The Labute approximate surface area is 112 Å². The fourth-order valence-electron chi connectivity index (χ4n) is 1.44. The van der Waals surface area contributed by atoms with Gasteiger partial charge in [-0.2, -0.15) is 4.37 Å². The van der Waals surface area contributed by atoms with Gasteiger partial charge in [-0.3, -0.25) is 0 Å². The highest BCUT2D eigenvalue weighted by Crippen LogP contribution is 2.34. The van der Waals surface area contributed by atoms with Crippen molar-refractivity contribution in [3.05, 3.63) is 35.4 Å². The maximum absolute atomic E-state index is 13.0. The molecule has 0 radical (unpaired) electrons. The van der Waals surface area contributed by atoms with Gasteiger partial charge in [-0.15, -0.1) is 11.8 Å². The number of nitrogens with two attached hydrogens (primary N) is 1. The van der Waals surface area contributed by atoms with Gasteiger partial charge < -0.3 is 11.1 Å². The van der Waals surface area contributed by atoms with Crippen molar-refractivity contribution in [1.82, 2.24) is 4.37 Å². The van der Waals surface area contributed by atoms with Crippen molar-refractivity contribution >= 4 is 34.1 Å². The standard InChI is InChI=1S/C11H11F2N3S2/c1-17-9-10(14)16-18-11(9)15-5-6-2-3-7(12)8(13)4-6/h2-4,15H,5H2,1H3,(H2,14,16). The normalized spacial score (nSPS) is 10.6. The van der Waals surface area contributed by atoms with E-state index in [9.17, 15) is 8.78 Å². The van der Waals surface area contributed by atoms with E-state index in [4.69, 9.17) is 5.73 Å². The van der Waals surface area contributed by atoms with E-state index in [2.05, 4.69) is 9.69 Å². The molecule has 0 bridgehead atoms. The van der Waals surface area contributed by atoms with Crippen LogP contribution in [0.5, 0.6) is 0 Å². The molecule has 0 saturated heterocycles. The highest BCUT2D eigenvalue weighted by atomic mass is 32.2. The summed E-state index contributed by atoms with van der Waals surface area (Å²) in [5, 5.41) is 3.95. The van der Waals surface area contributed by atoms with Crippen LogP contribution in [0, 0.1) is 11.6 Å². The van der Waals surface area contributed by atoms with Gasteiger partial charge in [-0.25, -0.2) is 8.78 Å². The number of nitrogen functional groups attached to an aromatic ring is 1. The van der Waals surface area contributed by atoms with E-state index in [0.717, 1.165) is 16.0 Å². The number of nitrogens with zero attached hydrogens (tertiary/aromatic N) is 1. The number of rotatable bonds is 4.